The van der Waals surface area contributed by atoms with Crippen LogP contribution in [0.4, 0.5) is 5.13 Å². The van der Waals surface area contributed by atoms with Gasteiger partial charge in [-0.05, 0) is 51.0 Å². The molecule has 9 heteroatoms. The number of rotatable bonds is 6. The number of sulfonamides is 1. The van der Waals surface area contributed by atoms with Crippen molar-refractivity contribution in [3.63, 3.8) is 0 Å². The van der Waals surface area contributed by atoms with Crippen molar-refractivity contribution in [1.29, 1.82) is 0 Å². The number of carbonyl (C=O) groups excluding carboxylic acids is 1. The first-order valence-electron chi connectivity index (χ1n) is 8.97. The Bertz CT molecular complexity index is 1160. The third-order valence-electron chi connectivity index (χ3n) is 4.36. The number of hydrogen-bond acceptors (Lipinski definition) is 6. The normalized spacial score (nSPS) is 12.6. The van der Waals surface area contributed by atoms with Crippen LogP contribution in [-0.2, 0) is 10.0 Å². The average molecular weight is 431 g/mol. The lowest BCUT2D eigenvalue weighted by Crippen LogP contribution is -2.27. The fourth-order valence-electron chi connectivity index (χ4n) is 2.98. The Kier molecular flexibility index (Phi) is 6.11. The van der Waals surface area contributed by atoms with Crippen molar-refractivity contribution >= 4 is 32.4 Å². The van der Waals surface area contributed by atoms with Gasteiger partial charge in [0.05, 0.1) is 0 Å². The molecule has 1 atom stereocenters. The van der Waals surface area contributed by atoms with E-state index >= 15 is 0 Å². The average Bonchev–Trinajstić information content (AvgIpc) is 3.10. The van der Waals surface area contributed by atoms with E-state index in [9.17, 15) is 13.2 Å². The molecule has 1 aromatic heterocycles. The zero-order valence-corrected chi connectivity index (χ0v) is 18.2. The van der Waals surface area contributed by atoms with E-state index in [4.69, 9.17) is 0 Å². The van der Waals surface area contributed by atoms with Crippen molar-refractivity contribution in [2.75, 3.05) is 5.32 Å². The second kappa shape index (κ2) is 8.40. The summed E-state index contributed by atoms with van der Waals surface area (Å²) in [6.45, 7) is 7.59. The zero-order valence-electron chi connectivity index (χ0n) is 16.6. The Balaban J connectivity index is 1.73. The summed E-state index contributed by atoms with van der Waals surface area (Å²) < 4.78 is 27.8. The largest absolute Gasteiger partial charge is 0.296 e. The lowest BCUT2D eigenvalue weighted by Gasteiger charge is -2.16. The summed E-state index contributed by atoms with van der Waals surface area (Å²) in [5.74, 6) is -0.370. The number of nitrogens with one attached hydrogen (secondary N) is 2. The Morgan fingerprint density at radius 3 is 2.45 bits per heavy atom. The highest BCUT2D eigenvalue weighted by molar-refractivity contribution is 7.91. The molecule has 29 heavy (non-hydrogen) atoms. The Morgan fingerprint density at radius 2 is 1.76 bits per heavy atom. The van der Waals surface area contributed by atoms with Gasteiger partial charge in [0.15, 0.2) is 0 Å². The summed E-state index contributed by atoms with van der Waals surface area (Å²) in [6, 6.07) is 12.5. The molecule has 0 saturated heterocycles. The number of anilines is 1. The van der Waals surface area contributed by atoms with Gasteiger partial charge < -0.3 is 0 Å². The van der Waals surface area contributed by atoms with Gasteiger partial charge >= 0.3 is 0 Å². The fourth-order valence-corrected chi connectivity index (χ4v) is 5.12. The molecule has 2 aromatic carbocycles. The summed E-state index contributed by atoms with van der Waals surface area (Å²) in [4.78, 5) is 12.3. The third-order valence-corrected chi connectivity index (χ3v) is 7.11. The van der Waals surface area contributed by atoms with E-state index in [0.29, 0.717) is 5.56 Å². The molecular formula is C20H22N4O3S2. The van der Waals surface area contributed by atoms with Gasteiger partial charge in [0.2, 0.25) is 9.47 Å². The molecule has 1 heterocycles. The SMILES string of the molecule is Cc1cccc(C(=O)Nc2nnc(S(=O)(=O)N[C@H](C)c3ccc(C)cc3C)s2)c1. The van der Waals surface area contributed by atoms with Crippen LogP contribution in [0.5, 0.6) is 0 Å². The molecule has 1 amide bonds. The summed E-state index contributed by atoms with van der Waals surface area (Å²) in [5.41, 5.74) is 4.41. The van der Waals surface area contributed by atoms with Crippen LogP contribution in [0, 0.1) is 20.8 Å². The molecule has 152 valence electrons. The smallest absolute Gasteiger partial charge is 0.270 e. The fraction of sp³-hybridized carbons (Fsp3) is 0.250. The third kappa shape index (κ3) is 5.06. The van der Waals surface area contributed by atoms with E-state index in [1.807, 2.05) is 45.0 Å². The quantitative estimate of drug-likeness (QED) is 0.580. The summed E-state index contributed by atoms with van der Waals surface area (Å²) in [5, 5.41) is 10.2. The molecule has 7 nitrogen and oxygen atoms in total. The lowest BCUT2D eigenvalue weighted by atomic mass is 10.0. The Morgan fingerprint density at radius 1 is 1.03 bits per heavy atom. The molecule has 3 rings (SSSR count). The maximum atomic E-state index is 12.7. The highest BCUT2D eigenvalue weighted by atomic mass is 32.2. The predicted molar refractivity (Wildman–Crippen MR) is 114 cm³/mol. The van der Waals surface area contributed by atoms with Crippen molar-refractivity contribution in [2.45, 2.75) is 38.1 Å². The molecule has 0 aliphatic heterocycles. The first kappa shape index (κ1) is 21.1. The van der Waals surface area contributed by atoms with E-state index in [2.05, 4.69) is 20.2 Å². The minimum absolute atomic E-state index is 0.121. The van der Waals surface area contributed by atoms with Gasteiger partial charge in [-0.3, -0.25) is 10.1 Å². The van der Waals surface area contributed by atoms with Crippen LogP contribution in [0.3, 0.4) is 0 Å². The van der Waals surface area contributed by atoms with Crippen LogP contribution in [0.2, 0.25) is 0 Å². The molecule has 0 unspecified atom stereocenters. The molecule has 0 aliphatic rings. The van der Waals surface area contributed by atoms with Gasteiger partial charge in [0, 0.05) is 11.6 Å². The first-order valence-corrected chi connectivity index (χ1v) is 11.3. The van der Waals surface area contributed by atoms with Crippen LogP contribution >= 0.6 is 11.3 Å². The van der Waals surface area contributed by atoms with E-state index < -0.39 is 16.1 Å². The van der Waals surface area contributed by atoms with Crippen LogP contribution in [0.15, 0.2) is 46.8 Å². The maximum Gasteiger partial charge on any atom is 0.270 e. The van der Waals surface area contributed by atoms with E-state index in [1.165, 1.54) is 0 Å². The lowest BCUT2D eigenvalue weighted by molar-refractivity contribution is 0.102. The van der Waals surface area contributed by atoms with Gasteiger partial charge in [0.1, 0.15) is 0 Å². The Hall–Kier alpha value is -2.62. The molecule has 0 saturated carbocycles. The summed E-state index contributed by atoms with van der Waals surface area (Å²) >= 11 is 0.806. The van der Waals surface area contributed by atoms with Crippen LogP contribution in [0.1, 0.15) is 45.6 Å². The molecular weight excluding hydrogens is 408 g/mol. The number of carbonyl (C=O) groups is 1. The molecule has 0 spiro atoms. The van der Waals surface area contributed by atoms with E-state index in [-0.39, 0.29) is 15.4 Å². The predicted octanol–water partition coefficient (Wildman–Crippen LogP) is 3.76. The molecule has 0 radical (unpaired) electrons. The van der Waals surface area contributed by atoms with Gasteiger partial charge in [-0.25, -0.2) is 13.1 Å². The van der Waals surface area contributed by atoms with Gasteiger partial charge in [0.25, 0.3) is 15.9 Å². The van der Waals surface area contributed by atoms with Crippen LogP contribution < -0.4 is 10.0 Å². The minimum Gasteiger partial charge on any atom is -0.296 e. The molecule has 3 aromatic rings. The van der Waals surface area contributed by atoms with Crippen molar-refractivity contribution < 1.29 is 13.2 Å². The zero-order chi connectivity index (χ0) is 21.2. The van der Waals surface area contributed by atoms with Crippen molar-refractivity contribution in [3.05, 3.63) is 70.3 Å². The number of amides is 1. The van der Waals surface area contributed by atoms with Crippen molar-refractivity contribution in [3.8, 4) is 0 Å². The molecule has 0 fully saturated rings. The Labute approximate surface area is 174 Å². The number of hydrogen-bond donors (Lipinski definition) is 2. The van der Waals surface area contributed by atoms with Crippen molar-refractivity contribution in [2.24, 2.45) is 0 Å². The summed E-state index contributed by atoms with van der Waals surface area (Å²) in [6.07, 6.45) is 0. The second-order valence-electron chi connectivity index (χ2n) is 6.90. The van der Waals surface area contributed by atoms with Gasteiger partial charge in [-0.1, -0.05) is 52.8 Å². The topological polar surface area (TPSA) is 101 Å². The van der Waals surface area contributed by atoms with E-state index in [0.717, 1.165) is 33.6 Å². The highest BCUT2D eigenvalue weighted by Gasteiger charge is 2.24. The van der Waals surface area contributed by atoms with Gasteiger partial charge in [-0.15, -0.1) is 10.2 Å². The second-order valence-corrected chi connectivity index (χ2v) is 9.76. The van der Waals surface area contributed by atoms with Gasteiger partial charge in [-0.2, -0.15) is 0 Å². The minimum atomic E-state index is -3.88. The van der Waals surface area contributed by atoms with E-state index in [1.54, 1.807) is 25.1 Å². The number of aryl methyl sites for hydroxylation is 3. The standard InChI is InChI=1S/C20H22N4O3S2/c1-12-6-5-7-16(11-12)18(25)21-19-22-23-20(28-19)29(26,27)24-15(4)17-9-8-13(2)10-14(17)3/h5-11,15,24H,1-4H3,(H,21,22,25)/t15-/m1/s1. The number of benzene rings is 2. The molecule has 0 bridgehead atoms. The number of aromatic nitrogens is 2. The first-order chi connectivity index (χ1) is 13.7. The monoisotopic (exact) mass is 430 g/mol. The van der Waals surface area contributed by atoms with Crippen LogP contribution in [-0.4, -0.2) is 24.5 Å². The molecule has 0 aliphatic carbocycles. The molecule has 2 N–H and O–H groups in total. The maximum absolute atomic E-state index is 12.7. The summed E-state index contributed by atoms with van der Waals surface area (Å²) in [7, 11) is -3.88. The van der Waals surface area contributed by atoms with Crippen molar-refractivity contribution in [1.82, 2.24) is 14.9 Å². The van der Waals surface area contributed by atoms with Crippen LogP contribution in [0.25, 0.3) is 0 Å². The number of nitrogens with zero attached hydrogens (tertiary/aromatic N) is 2. The highest BCUT2D eigenvalue weighted by Crippen LogP contribution is 2.24.